The maximum Gasteiger partial charge on any atom is 0.265 e. The van der Waals surface area contributed by atoms with Gasteiger partial charge in [-0.25, -0.2) is 0 Å². The number of ketones is 1. The fraction of sp³-hybridized carbons (Fsp3) is 0.286. The first-order valence-corrected chi connectivity index (χ1v) is 9.10. The molecule has 7 nitrogen and oxygen atoms in total. The van der Waals surface area contributed by atoms with Crippen LogP contribution in [0.15, 0.2) is 42.5 Å². The van der Waals surface area contributed by atoms with Crippen molar-refractivity contribution in [1.82, 2.24) is 0 Å². The Kier molecular flexibility index (Phi) is 4.50. The lowest BCUT2D eigenvalue weighted by molar-refractivity contribution is -0.126. The van der Waals surface area contributed by atoms with E-state index < -0.39 is 6.04 Å². The average molecular weight is 380 g/mol. The zero-order chi connectivity index (χ0) is 19.8. The highest BCUT2D eigenvalue weighted by molar-refractivity contribution is 6.09. The summed E-state index contributed by atoms with van der Waals surface area (Å²) in [5.74, 6) is 0.455. The molecule has 7 heteroatoms. The van der Waals surface area contributed by atoms with Gasteiger partial charge in [0, 0.05) is 5.56 Å². The van der Waals surface area contributed by atoms with Crippen LogP contribution in [0.1, 0.15) is 24.2 Å². The number of ether oxygens (including phenoxy) is 2. The van der Waals surface area contributed by atoms with Crippen molar-refractivity contribution in [3.8, 4) is 11.5 Å². The van der Waals surface area contributed by atoms with Crippen molar-refractivity contribution >= 4 is 29.0 Å². The van der Waals surface area contributed by atoms with Gasteiger partial charge in [0.05, 0.1) is 17.9 Å². The van der Waals surface area contributed by atoms with Crippen LogP contribution >= 0.6 is 0 Å². The smallest absolute Gasteiger partial charge is 0.265 e. The SMILES string of the molecule is CC(=O)c1ccc2c(c1)N(C(C)C(=O)N1CCOc3ccccc31)C(=O)CO2. The molecule has 2 aromatic carbocycles. The highest BCUT2D eigenvalue weighted by Gasteiger charge is 2.37. The van der Waals surface area contributed by atoms with E-state index in [9.17, 15) is 14.4 Å². The second kappa shape index (κ2) is 6.99. The lowest BCUT2D eigenvalue weighted by atomic mass is 10.1. The van der Waals surface area contributed by atoms with Gasteiger partial charge < -0.3 is 14.4 Å². The molecule has 2 heterocycles. The molecule has 0 fully saturated rings. The van der Waals surface area contributed by atoms with E-state index in [2.05, 4.69) is 0 Å². The molecule has 4 rings (SSSR count). The zero-order valence-corrected chi connectivity index (χ0v) is 15.7. The Morgan fingerprint density at radius 2 is 1.79 bits per heavy atom. The molecule has 144 valence electrons. The summed E-state index contributed by atoms with van der Waals surface area (Å²) in [4.78, 5) is 40.8. The van der Waals surface area contributed by atoms with Gasteiger partial charge in [0.15, 0.2) is 12.4 Å². The normalized spacial score (nSPS) is 16.4. The van der Waals surface area contributed by atoms with E-state index in [1.165, 1.54) is 11.8 Å². The molecule has 0 N–H and O–H groups in total. The van der Waals surface area contributed by atoms with Crippen molar-refractivity contribution in [2.45, 2.75) is 19.9 Å². The number of carbonyl (C=O) groups is 3. The Morgan fingerprint density at radius 1 is 1.04 bits per heavy atom. The molecule has 1 unspecified atom stereocenters. The molecular weight excluding hydrogens is 360 g/mol. The fourth-order valence-electron chi connectivity index (χ4n) is 3.55. The second-order valence-electron chi connectivity index (χ2n) is 6.77. The third-order valence-electron chi connectivity index (χ3n) is 4.98. The second-order valence-corrected chi connectivity index (χ2v) is 6.77. The number of nitrogens with zero attached hydrogens (tertiary/aromatic N) is 2. The third-order valence-corrected chi connectivity index (χ3v) is 4.98. The number of hydrogen-bond acceptors (Lipinski definition) is 5. The molecule has 0 aliphatic carbocycles. The molecule has 2 amide bonds. The summed E-state index contributed by atoms with van der Waals surface area (Å²) in [5.41, 5.74) is 1.58. The third kappa shape index (κ3) is 2.98. The number of carbonyl (C=O) groups excluding carboxylic acids is 3. The summed E-state index contributed by atoms with van der Waals surface area (Å²) in [5, 5.41) is 0. The molecule has 0 radical (unpaired) electrons. The first kappa shape index (κ1) is 18.0. The van der Waals surface area contributed by atoms with Crippen molar-refractivity contribution < 1.29 is 23.9 Å². The summed E-state index contributed by atoms with van der Waals surface area (Å²) in [6, 6.07) is 11.5. The average Bonchev–Trinajstić information content (AvgIpc) is 2.71. The van der Waals surface area contributed by atoms with Crippen LogP contribution in [0.3, 0.4) is 0 Å². The van der Waals surface area contributed by atoms with E-state index in [1.54, 1.807) is 30.0 Å². The van der Waals surface area contributed by atoms with Gasteiger partial charge >= 0.3 is 0 Å². The highest BCUT2D eigenvalue weighted by Crippen LogP contribution is 2.36. The number of amides is 2. The lowest BCUT2D eigenvalue weighted by Crippen LogP contribution is -2.54. The highest BCUT2D eigenvalue weighted by atomic mass is 16.5. The van der Waals surface area contributed by atoms with E-state index >= 15 is 0 Å². The summed E-state index contributed by atoms with van der Waals surface area (Å²) in [6.45, 7) is 3.78. The van der Waals surface area contributed by atoms with Crippen molar-refractivity contribution in [3.05, 3.63) is 48.0 Å². The number of anilines is 2. The first-order chi connectivity index (χ1) is 13.5. The van der Waals surface area contributed by atoms with Gasteiger partial charge in [-0.15, -0.1) is 0 Å². The fourth-order valence-corrected chi connectivity index (χ4v) is 3.55. The Labute approximate surface area is 162 Å². The van der Waals surface area contributed by atoms with Crippen LogP contribution in [0.2, 0.25) is 0 Å². The van der Waals surface area contributed by atoms with Crippen LogP contribution in [0.25, 0.3) is 0 Å². The summed E-state index contributed by atoms with van der Waals surface area (Å²) in [7, 11) is 0. The molecule has 0 saturated carbocycles. The minimum atomic E-state index is -0.761. The van der Waals surface area contributed by atoms with E-state index in [1.807, 2.05) is 24.3 Å². The van der Waals surface area contributed by atoms with E-state index in [-0.39, 0.29) is 24.2 Å². The van der Waals surface area contributed by atoms with Gasteiger partial charge in [-0.05, 0) is 44.2 Å². The molecule has 0 spiro atoms. The van der Waals surface area contributed by atoms with Crippen LogP contribution in [0, 0.1) is 0 Å². The maximum absolute atomic E-state index is 13.3. The van der Waals surface area contributed by atoms with Crippen LogP contribution in [0.4, 0.5) is 11.4 Å². The number of fused-ring (bicyclic) bond motifs is 2. The van der Waals surface area contributed by atoms with Crippen LogP contribution < -0.4 is 19.3 Å². The number of benzene rings is 2. The van der Waals surface area contributed by atoms with Crippen LogP contribution in [-0.4, -0.2) is 43.4 Å². The largest absolute Gasteiger partial charge is 0.490 e. The van der Waals surface area contributed by atoms with Crippen LogP contribution in [-0.2, 0) is 9.59 Å². The Balaban J connectivity index is 1.70. The molecule has 2 aromatic rings. The molecular formula is C21H20N2O5. The van der Waals surface area contributed by atoms with Crippen molar-refractivity contribution in [1.29, 1.82) is 0 Å². The Hall–Kier alpha value is -3.35. The van der Waals surface area contributed by atoms with Gasteiger partial charge in [0.25, 0.3) is 5.91 Å². The van der Waals surface area contributed by atoms with Gasteiger partial charge in [-0.1, -0.05) is 12.1 Å². The molecule has 0 bridgehead atoms. The van der Waals surface area contributed by atoms with Gasteiger partial charge in [-0.2, -0.15) is 0 Å². The molecule has 1 atom stereocenters. The minimum Gasteiger partial charge on any atom is -0.490 e. The number of rotatable bonds is 3. The van der Waals surface area contributed by atoms with Gasteiger partial charge in [-0.3, -0.25) is 19.3 Å². The van der Waals surface area contributed by atoms with Crippen molar-refractivity contribution in [2.75, 3.05) is 29.6 Å². The number of Topliss-reactive ketones (excluding diaryl/α,β-unsaturated/α-hetero) is 1. The molecule has 0 aromatic heterocycles. The number of para-hydroxylation sites is 2. The van der Waals surface area contributed by atoms with E-state index in [0.717, 1.165) is 0 Å². The van der Waals surface area contributed by atoms with Crippen LogP contribution in [0.5, 0.6) is 11.5 Å². The Bertz CT molecular complexity index is 971. The Morgan fingerprint density at radius 3 is 2.57 bits per heavy atom. The van der Waals surface area contributed by atoms with E-state index in [4.69, 9.17) is 9.47 Å². The predicted molar refractivity (Wildman–Crippen MR) is 103 cm³/mol. The first-order valence-electron chi connectivity index (χ1n) is 9.10. The lowest BCUT2D eigenvalue weighted by Gasteiger charge is -2.37. The maximum atomic E-state index is 13.3. The zero-order valence-electron chi connectivity index (χ0n) is 15.7. The minimum absolute atomic E-state index is 0.123. The monoisotopic (exact) mass is 380 g/mol. The quantitative estimate of drug-likeness (QED) is 0.765. The molecule has 2 aliphatic heterocycles. The predicted octanol–water partition coefficient (Wildman–Crippen LogP) is 2.43. The topological polar surface area (TPSA) is 76.2 Å². The summed E-state index contributed by atoms with van der Waals surface area (Å²) in [6.07, 6.45) is 0. The summed E-state index contributed by atoms with van der Waals surface area (Å²) < 4.78 is 11.1. The van der Waals surface area contributed by atoms with Gasteiger partial charge in [0.1, 0.15) is 24.1 Å². The summed E-state index contributed by atoms with van der Waals surface area (Å²) >= 11 is 0. The molecule has 2 aliphatic rings. The standard InChI is InChI=1S/C21H20N2O5/c1-13(21(26)22-9-10-27-18-6-4-3-5-16(18)22)23-17-11-15(14(2)24)7-8-19(17)28-12-20(23)25/h3-8,11,13H,9-10,12H2,1-2H3. The number of hydrogen-bond donors (Lipinski definition) is 0. The van der Waals surface area contributed by atoms with E-state index in [0.29, 0.717) is 41.6 Å². The van der Waals surface area contributed by atoms with Crippen molar-refractivity contribution in [3.63, 3.8) is 0 Å². The van der Waals surface area contributed by atoms with Crippen molar-refractivity contribution in [2.24, 2.45) is 0 Å². The van der Waals surface area contributed by atoms with Gasteiger partial charge in [0.2, 0.25) is 5.91 Å². The molecule has 0 saturated heterocycles. The molecule has 28 heavy (non-hydrogen) atoms.